The molecule has 1 saturated heterocycles. The van der Waals surface area contributed by atoms with Gasteiger partial charge in [-0.1, -0.05) is 6.07 Å². The summed E-state index contributed by atoms with van der Waals surface area (Å²) < 4.78 is 28.5. The second-order valence-electron chi connectivity index (χ2n) is 5.63. The number of sulfone groups is 1. The van der Waals surface area contributed by atoms with Crippen molar-refractivity contribution in [3.8, 4) is 5.75 Å². The molecule has 0 aliphatic carbocycles. The largest absolute Gasteiger partial charge is 0.496 e. The van der Waals surface area contributed by atoms with E-state index in [1.807, 2.05) is 26.0 Å². The third kappa shape index (κ3) is 3.20. The first kappa shape index (κ1) is 15.8. The number of amides is 1. The van der Waals surface area contributed by atoms with Gasteiger partial charge in [-0.25, -0.2) is 8.42 Å². The normalized spacial score (nSPS) is 20.3. The summed E-state index contributed by atoms with van der Waals surface area (Å²) in [5.41, 5.74) is 2.37. The van der Waals surface area contributed by atoms with E-state index >= 15 is 0 Å². The highest BCUT2D eigenvalue weighted by molar-refractivity contribution is 7.91. The van der Waals surface area contributed by atoms with Crippen molar-refractivity contribution < 1.29 is 17.9 Å². The summed E-state index contributed by atoms with van der Waals surface area (Å²) in [6.07, 6.45) is 0.498. The summed E-state index contributed by atoms with van der Waals surface area (Å²) in [6, 6.07) is 3.49. The zero-order valence-corrected chi connectivity index (χ0v) is 13.7. The average molecular weight is 311 g/mol. The van der Waals surface area contributed by atoms with Crippen molar-refractivity contribution in [1.82, 2.24) is 4.90 Å². The fourth-order valence-corrected chi connectivity index (χ4v) is 4.56. The fraction of sp³-hybridized carbons (Fsp3) is 0.533. The highest BCUT2D eigenvalue weighted by atomic mass is 32.2. The van der Waals surface area contributed by atoms with Crippen LogP contribution in [-0.2, 0) is 9.84 Å². The molecule has 0 N–H and O–H groups in total. The molecule has 116 valence electrons. The van der Waals surface area contributed by atoms with Crippen LogP contribution in [-0.4, -0.2) is 50.9 Å². The first-order valence-electron chi connectivity index (χ1n) is 6.88. The molecule has 0 saturated carbocycles. The van der Waals surface area contributed by atoms with Gasteiger partial charge in [0.25, 0.3) is 5.91 Å². The van der Waals surface area contributed by atoms with Crippen LogP contribution in [0, 0.1) is 13.8 Å². The van der Waals surface area contributed by atoms with Gasteiger partial charge in [0.2, 0.25) is 0 Å². The second-order valence-corrected chi connectivity index (χ2v) is 7.86. The lowest BCUT2D eigenvalue weighted by molar-refractivity contribution is 0.0743. The van der Waals surface area contributed by atoms with Gasteiger partial charge in [-0.15, -0.1) is 0 Å². The minimum atomic E-state index is -3.01. The molecule has 6 heteroatoms. The summed E-state index contributed by atoms with van der Waals surface area (Å²) >= 11 is 0. The molecule has 0 radical (unpaired) electrons. The van der Waals surface area contributed by atoms with Crippen molar-refractivity contribution in [3.63, 3.8) is 0 Å². The number of methoxy groups -OCH3 is 1. The fourth-order valence-electron chi connectivity index (χ4n) is 2.79. The highest BCUT2D eigenvalue weighted by Crippen LogP contribution is 2.27. The van der Waals surface area contributed by atoms with E-state index in [0.29, 0.717) is 17.7 Å². The quantitative estimate of drug-likeness (QED) is 0.850. The van der Waals surface area contributed by atoms with E-state index in [-0.39, 0.29) is 23.5 Å². The van der Waals surface area contributed by atoms with Crippen LogP contribution in [0.5, 0.6) is 5.75 Å². The van der Waals surface area contributed by atoms with E-state index < -0.39 is 9.84 Å². The first-order valence-corrected chi connectivity index (χ1v) is 8.70. The minimum absolute atomic E-state index is 0.0441. The van der Waals surface area contributed by atoms with Gasteiger partial charge in [0.1, 0.15) is 5.75 Å². The van der Waals surface area contributed by atoms with Gasteiger partial charge >= 0.3 is 0 Å². The van der Waals surface area contributed by atoms with E-state index in [1.54, 1.807) is 7.05 Å². The van der Waals surface area contributed by atoms with Crippen molar-refractivity contribution in [2.24, 2.45) is 0 Å². The number of aryl methyl sites for hydroxylation is 2. The van der Waals surface area contributed by atoms with E-state index in [1.165, 1.54) is 12.0 Å². The Kier molecular flexibility index (Phi) is 4.27. The van der Waals surface area contributed by atoms with Crippen LogP contribution in [0.4, 0.5) is 0 Å². The van der Waals surface area contributed by atoms with Crippen molar-refractivity contribution in [1.29, 1.82) is 0 Å². The highest BCUT2D eigenvalue weighted by Gasteiger charge is 2.34. The lowest BCUT2D eigenvalue weighted by atomic mass is 10.0. The smallest absolute Gasteiger partial charge is 0.257 e. The van der Waals surface area contributed by atoms with Crippen molar-refractivity contribution in [2.45, 2.75) is 26.3 Å². The Morgan fingerprint density at radius 1 is 1.33 bits per heavy atom. The summed E-state index contributed by atoms with van der Waals surface area (Å²) in [5, 5.41) is 0. The van der Waals surface area contributed by atoms with Crippen LogP contribution >= 0.6 is 0 Å². The molecular formula is C15H21NO4S. The Bertz CT molecular complexity index is 666. The van der Waals surface area contributed by atoms with Crippen LogP contribution in [0.2, 0.25) is 0 Å². The van der Waals surface area contributed by atoms with E-state index in [2.05, 4.69) is 0 Å². The maximum atomic E-state index is 12.7. The topological polar surface area (TPSA) is 63.7 Å². The molecular weight excluding hydrogens is 290 g/mol. The molecule has 0 aromatic heterocycles. The molecule has 2 rings (SSSR count). The van der Waals surface area contributed by atoms with Gasteiger partial charge in [0, 0.05) is 13.1 Å². The molecule has 1 aromatic rings. The van der Waals surface area contributed by atoms with Gasteiger partial charge in [0.15, 0.2) is 9.84 Å². The zero-order chi connectivity index (χ0) is 15.8. The van der Waals surface area contributed by atoms with Gasteiger partial charge in [0.05, 0.1) is 24.2 Å². The molecule has 0 spiro atoms. The Morgan fingerprint density at radius 2 is 2.00 bits per heavy atom. The van der Waals surface area contributed by atoms with Gasteiger partial charge in [-0.2, -0.15) is 0 Å². The molecule has 1 aliphatic heterocycles. The van der Waals surface area contributed by atoms with E-state index in [4.69, 9.17) is 4.74 Å². The third-order valence-electron chi connectivity index (χ3n) is 3.95. The van der Waals surface area contributed by atoms with E-state index in [9.17, 15) is 13.2 Å². The molecule has 1 aromatic carbocycles. The molecule has 21 heavy (non-hydrogen) atoms. The van der Waals surface area contributed by atoms with Gasteiger partial charge < -0.3 is 9.64 Å². The van der Waals surface area contributed by atoms with Crippen LogP contribution in [0.1, 0.15) is 27.9 Å². The number of carbonyl (C=O) groups excluding carboxylic acids is 1. The zero-order valence-electron chi connectivity index (χ0n) is 12.8. The van der Waals surface area contributed by atoms with Crippen molar-refractivity contribution >= 4 is 15.7 Å². The second kappa shape index (κ2) is 5.67. The Balaban J connectivity index is 2.32. The van der Waals surface area contributed by atoms with Crippen molar-refractivity contribution in [2.75, 3.05) is 25.7 Å². The van der Waals surface area contributed by atoms with E-state index in [0.717, 1.165) is 11.1 Å². The number of nitrogens with zero attached hydrogens (tertiary/aromatic N) is 1. The number of hydrogen-bond donors (Lipinski definition) is 0. The number of carbonyl (C=O) groups is 1. The number of hydrogen-bond acceptors (Lipinski definition) is 4. The lowest BCUT2D eigenvalue weighted by Crippen LogP contribution is -2.38. The SMILES string of the molecule is COc1cc(C)cc(C)c1C(=O)N(C)C1CCS(=O)(=O)C1. The molecule has 5 nitrogen and oxygen atoms in total. The molecule has 1 unspecified atom stereocenters. The molecule has 1 atom stereocenters. The van der Waals surface area contributed by atoms with Crippen LogP contribution < -0.4 is 4.74 Å². The lowest BCUT2D eigenvalue weighted by Gasteiger charge is -2.25. The van der Waals surface area contributed by atoms with Crippen LogP contribution in [0.15, 0.2) is 12.1 Å². The summed E-state index contributed by atoms with van der Waals surface area (Å²) in [5.74, 6) is 0.540. The van der Waals surface area contributed by atoms with Gasteiger partial charge in [-0.3, -0.25) is 4.79 Å². The maximum Gasteiger partial charge on any atom is 0.257 e. The van der Waals surface area contributed by atoms with Crippen molar-refractivity contribution in [3.05, 3.63) is 28.8 Å². The number of ether oxygens (including phenoxy) is 1. The molecule has 1 heterocycles. The predicted octanol–water partition coefficient (Wildman–Crippen LogP) is 1.57. The standard InChI is InChI=1S/C15H21NO4S/c1-10-7-11(2)14(13(8-10)20-4)15(17)16(3)12-5-6-21(18,19)9-12/h7-8,12H,5-6,9H2,1-4H3. The Morgan fingerprint density at radius 3 is 2.52 bits per heavy atom. The molecule has 0 bridgehead atoms. The molecule has 1 fully saturated rings. The molecule has 1 aliphatic rings. The van der Waals surface area contributed by atoms with Crippen LogP contribution in [0.3, 0.4) is 0 Å². The Labute approximate surface area is 125 Å². The maximum absolute atomic E-state index is 12.7. The first-order chi connectivity index (χ1) is 9.75. The summed E-state index contributed by atoms with van der Waals surface area (Å²) in [4.78, 5) is 14.2. The molecule has 1 amide bonds. The third-order valence-corrected chi connectivity index (χ3v) is 5.70. The average Bonchev–Trinajstić information content (AvgIpc) is 2.76. The summed E-state index contributed by atoms with van der Waals surface area (Å²) in [6.45, 7) is 3.80. The monoisotopic (exact) mass is 311 g/mol. The predicted molar refractivity (Wildman–Crippen MR) is 81.6 cm³/mol. The number of rotatable bonds is 3. The minimum Gasteiger partial charge on any atom is -0.496 e. The van der Waals surface area contributed by atoms with Crippen LogP contribution in [0.25, 0.3) is 0 Å². The number of benzene rings is 1. The Hall–Kier alpha value is -1.56. The summed E-state index contributed by atoms with van der Waals surface area (Å²) in [7, 11) is 0.178. The van der Waals surface area contributed by atoms with Gasteiger partial charge in [-0.05, 0) is 37.5 Å².